The molecule has 0 saturated carbocycles. The minimum absolute atomic E-state index is 0.328. The van der Waals surface area contributed by atoms with Crippen molar-refractivity contribution in [3.8, 4) is 0 Å². The fraction of sp³-hybridized carbons (Fsp3) is 0.389. The zero-order chi connectivity index (χ0) is 16.2. The molecule has 1 N–H and O–H groups in total. The second kappa shape index (κ2) is 6.98. The Morgan fingerprint density at radius 2 is 2.09 bits per heavy atom. The van der Waals surface area contributed by atoms with Crippen molar-refractivity contribution in [2.24, 2.45) is 0 Å². The lowest BCUT2D eigenvalue weighted by molar-refractivity contribution is 0.0365. The van der Waals surface area contributed by atoms with Crippen LogP contribution in [-0.4, -0.2) is 53.4 Å². The first kappa shape index (κ1) is 15.8. The van der Waals surface area contributed by atoms with Crippen molar-refractivity contribution in [3.63, 3.8) is 0 Å². The first-order chi connectivity index (χ1) is 11.2. The first-order valence-electron chi connectivity index (χ1n) is 7.95. The van der Waals surface area contributed by atoms with Crippen molar-refractivity contribution in [2.75, 3.05) is 32.8 Å². The number of hydrogen-bond donors (Lipinski definition) is 1. The molecule has 0 atom stereocenters. The van der Waals surface area contributed by atoms with Crippen LogP contribution < -0.4 is 0 Å². The summed E-state index contributed by atoms with van der Waals surface area (Å²) in [5.41, 5.74) is 2.54. The Bertz CT molecular complexity index is 714. The maximum absolute atomic E-state index is 11.2. The van der Waals surface area contributed by atoms with Crippen LogP contribution in [0.4, 0.5) is 0 Å². The Kier molecular flexibility index (Phi) is 4.79. The molecule has 5 heteroatoms. The van der Waals surface area contributed by atoms with Gasteiger partial charge in [0.05, 0.1) is 18.8 Å². The molecule has 1 aliphatic rings. The monoisotopic (exact) mass is 314 g/mol. The van der Waals surface area contributed by atoms with Crippen LogP contribution in [0.1, 0.15) is 15.9 Å². The second-order valence-corrected chi connectivity index (χ2v) is 5.83. The molecular weight excluding hydrogens is 292 g/mol. The number of hydrogen-bond acceptors (Lipinski definition) is 3. The SMILES string of the molecule is C=CCc1cn(CCN2CCOCC2)c2ccc(C(=O)O)cc12. The van der Waals surface area contributed by atoms with E-state index in [1.807, 2.05) is 12.1 Å². The zero-order valence-electron chi connectivity index (χ0n) is 13.2. The third kappa shape index (κ3) is 3.46. The Morgan fingerprint density at radius 3 is 2.78 bits per heavy atom. The number of aromatic carboxylic acids is 1. The Hall–Kier alpha value is -2.11. The molecule has 2 aromatic rings. The largest absolute Gasteiger partial charge is 0.478 e. The number of nitrogens with zero attached hydrogens (tertiary/aromatic N) is 2. The van der Waals surface area contributed by atoms with Crippen molar-refractivity contribution in [2.45, 2.75) is 13.0 Å². The van der Waals surface area contributed by atoms with E-state index in [9.17, 15) is 9.90 Å². The summed E-state index contributed by atoms with van der Waals surface area (Å²) >= 11 is 0. The van der Waals surface area contributed by atoms with E-state index >= 15 is 0 Å². The summed E-state index contributed by atoms with van der Waals surface area (Å²) < 4.78 is 7.60. The predicted molar refractivity (Wildman–Crippen MR) is 90.1 cm³/mol. The highest BCUT2D eigenvalue weighted by Gasteiger charge is 2.13. The quantitative estimate of drug-likeness (QED) is 0.832. The van der Waals surface area contributed by atoms with E-state index in [0.29, 0.717) is 5.56 Å². The van der Waals surface area contributed by atoms with Crippen molar-refractivity contribution in [3.05, 3.63) is 48.2 Å². The molecule has 1 saturated heterocycles. The topological polar surface area (TPSA) is 54.7 Å². The molecule has 5 nitrogen and oxygen atoms in total. The van der Waals surface area contributed by atoms with Crippen LogP contribution >= 0.6 is 0 Å². The molecule has 23 heavy (non-hydrogen) atoms. The van der Waals surface area contributed by atoms with Gasteiger partial charge in [-0.3, -0.25) is 4.90 Å². The third-order valence-corrected chi connectivity index (χ3v) is 4.34. The van der Waals surface area contributed by atoms with E-state index in [1.54, 1.807) is 12.1 Å². The van der Waals surface area contributed by atoms with Gasteiger partial charge in [0.1, 0.15) is 0 Å². The van der Waals surface area contributed by atoms with Gasteiger partial charge in [0.2, 0.25) is 0 Å². The van der Waals surface area contributed by atoms with E-state index in [0.717, 1.165) is 62.3 Å². The summed E-state index contributed by atoms with van der Waals surface area (Å²) in [6, 6.07) is 5.35. The highest BCUT2D eigenvalue weighted by Crippen LogP contribution is 2.24. The number of morpholine rings is 1. The smallest absolute Gasteiger partial charge is 0.335 e. The van der Waals surface area contributed by atoms with Gasteiger partial charge in [-0.2, -0.15) is 0 Å². The molecular formula is C18H22N2O3. The average molecular weight is 314 g/mol. The van der Waals surface area contributed by atoms with Crippen LogP contribution in [0.25, 0.3) is 10.9 Å². The molecule has 0 radical (unpaired) electrons. The molecule has 0 aliphatic carbocycles. The highest BCUT2D eigenvalue weighted by molar-refractivity contribution is 5.95. The minimum Gasteiger partial charge on any atom is -0.478 e. The maximum atomic E-state index is 11.2. The van der Waals surface area contributed by atoms with Gasteiger partial charge in [-0.15, -0.1) is 6.58 Å². The number of allylic oxidation sites excluding steroid dienone is 1. The van der Waals surface area contributed by atoms with E-state index < -0.39 is 5.97 Å². The molecule has 0 amide bonds. The molecule has 0 spiro atoms. The molecule has 2 heterocycles. The van der Waals surface area contributed by atoms with Gasteiger partial charge in [-0.05, 0) is 30.2 Å². The lowest BCUT2D eigenvalue weighted by atomic mass is 10.1. The third-order valence-electron chi connectivity index (χ3n) is 4.34. The number of rotatable bonds is 6. The average Bonchev–Trinajstić information content (AvgIpc) is 2.91. The summed E-state index contributed by atoms with van der Waals surface area (Å²) in [5, 5.41) is 10.2. The summed E-state index contributed by atoms with van der Waals surface area (Å²) in [5.74, 6) is -0.891. The van der Waals surface area contributed by atoms with E-state index in [4.69, 9.17) is 4.74 Å². The summed E-state index contributed by atoms with van der Waals surface area (Å²) in [6.07, 6.45) is 4.72. The maximum Gasteiger partial charge on any atom is 0.335 e. The number of benzene rings is 1. The van der Waals surface area contributed by atoms with Crippen molar-refractivity contribution >= 4 is 16.9 Å². The van der Waals surface area contributed by atoms with Crippen molar-refractivity contribution < 1.29 is 14.6 Å². The highest BCUT2D eigenvalue weighted by atomic mass is 16.5. The van der Waals surface area contributed by atoms with Crippen LogP contribution in [0.5, 0.6) is 0 Å². The number of ether oxygens (including phenoxy) is 1. The molecule has 3 rings (SSSR count). The van der Waals surface area contributed by atoms with Gasteiger partial charge in [0.15, 0.2) is 0 Å². The first-order valence-corrected chi connectivity index (χ1v) is 7.95. The molecule has 1 aromatic carbocycles. The number of carboxylic acids is 1. The number of fused-ring (bicyclic) bond motifs is 1. The molecule has 1 aliphatic heterocycles. The van der Waals surface area contributed by atoms with Gasteiger partial charge in [-0.25, -0.2) is 4.79 Å². The summed E-state index contributed by atoms with van der Waals surface area (Å²) in [7, 11) is 0. The van der Waals surface area contributed by atoms with Crippen LogP contribution in [0.2, 0.25) is 0 Å². The fourth-order valence-corrected chi connectivity index (χ4v) is 3.08. The van der Waals surface area contributed by atoms with Crippen molar-refractivity contribution in [1.82, 2.24) is 9.47 Å². The van der Waals surface area contributed by atoms with Gasteiger partial charge in [0, 0.05) is 43.3 Å². The Balaban J connectivity index is 1.86. The van der Waals surface area contributed by atoms with E-state index in [-0.39, 0.29) is 0 Å². The summed E-state index contributed by atoms with van der Waals surface area (Å²) in [6.45, 7) is 9.22. The molecule has 1 aromatic heterocycles. The van der Waals surface area contributed by atoms with Crippen LogP contribution in [0, 0.1) is 0 Å². The molecule has 122 valence electrons. The lowest BCUT2D eigenvalue weighted by Crippen LogP contribution is -2.38. The van der Waals surface area contributed by atoms with Gasteiger partial charge >= 0.3 is 5.97 Å². The zero-order valence-corrected chi connectivity index (χ0v) is 13.2. The lowest BCUT2D eigenvalue weighted by Gasteiger charge is -2.26. The standard InChI is InChI=1S/C18H22N2O3/c1-2-3-15-13-20(7-6-19-8-10-23-11-9-19)17-5-4-14(18(21)22)12-16(15)17/h2,4-5,12-13H,1,3,6-11H2,(H,21,22). The Morgan fingerprint density at radius 1 is 1.30 bits per heavy atom. The number of carbonyl (C=O) groups is 1. The summed E-state index contributed by atoms with van der Waals surface area (Å²) in [4.78, 5) is 13.6. The van der Waals surface area contributed by atoms with Gasteiger partial charge in [-0.1, -0.05) is 6.08 Å². The van der Waals surface area contributed by atoms with E-state index in [2.05, 4.69) is 22.2 Å². The van der Waals surface area contributed by atoms with Gasteiger partial charge < -0.3 is 14.4 Å². The number of aromatic nitrogens is 1. The van der Waals surface area contributed by atoms with Crippen LogP contribution in [0.15, 0.2) is 37.1 Å². The van der Waals surface area contributed by atoms with Crippen LogP contribution in [0.3, 0.4) is 0 Å². The van der Waals surface area contributed by atoms with E-state index in [1.165, 1.54) is 0 Å². The van der Waals surface area contributed by atoms with Crippen LogP contribution in [-0.2, 0) is 17.7 Å². The second-order valence-electron chi connectivity index (χ2n) is 5.83. The normalized spacial score (nSPS) is 15.8. The predicted octanol–water partition coefficient (Wildman–Crippen LogP) is 2.40. The molecule has 0 bridgehead atoms. The molecule has 0 unspecified atom stereocenters. The Labute approximate surface area is 135 Å². The van der Waals surface area contributed by atoms with Crippen molar-refractivity contribution in [1.29, 1.82) is 0 Å². The van der Waals surface area contributed by atoms with Gasteiger partial charge in [0.25, 0.3) is 0 Å². The fourth-order valence-electron chi connectivity index (χ4n) is 3.08. The number of carboxylic acid groups (broad SMARTS) is 1. The minimum atomic E-state index is -0.891. The molecule has 1 fully saturated rings.